The molecular formula is C15H20O. The van der Waals surface area contributed by atoms with Gasteiger partial charge in [0.15, 0.2) is 0 Å². The molecule has 0 atom stereocenters. The Morgan fingerprint density at radius 1 is 1.38 bits per heavy atom. The smallest absolute Gasteiger partial charge is 0.134 e. The molecule has 0 fully saturated rings. The summed E-state index contributed by atoms with van der Waals surface area (Å²) in [6, 6.07) is 8.18. The summed E-state index contributed by atoms with van der Waals surface area (Å²) < 4.78 is 0. The number of rotatable bonds is 6. The van der Waals surface area contributed by atoms with Crippen LogP contribution in [0.5, 0.6) is 0 Å². The van der Waals surface area contributed by atoms with E-state index in [1.54, 1.807) is 6.92 Å². The van der Waals surface area contributed by atoms with Gasteiger partial charge >= 0.3 is 0 Å². The van der Waals surface area contributed by atoms with Gasteiger partial charge in [-0.1, -0.05) is 56.2 Å². The molecule has 1 heteroatoms. The minimum Gasteiger partial charge on any atom is -0.300 e. The van der Waals surface area contributed by atoms with E-state index in [2.05, 4.69) is 31.2 Å². The van der Waals surface area contributed by atoms with Gasteiger partial charge in [0, 0.05) is 6.42 Å². The Hall–Kier alpha value is -1.37. The van der Waals surface area contributed by atoms with E-state index in [1.165, 1.54) is 18.4 Å². The quantitative estimate of drug-likeness (QED) is 0.656. The van der Waals surface area contributed by atoms with Crippen LogP contribution in [0.3, 0.4) is 0 Å². The van der Waals surface area contributed by atoms with Gasteiger partial charge in [0.05, 0.1) is 0 Å². The van der Waals surface area contributed by atoms with Crippen LogP contribution < -0.4 is 0 Å². The molecule has 0 bridgehead atoms. The van der Waals surface area contributed by atoms with Crippen molar-refractivity contribution in [2.24, 2.45) is 0 Å². The van der Waals surface area contributed by atoms with E-state index in [9.17, 15) is 4.79 Å². The number of hydrogen-bond acceptors (Lipinski definition) is 1. The third-order valence-corrected chi connectivity index (χ3v) is 2.44. The Balaban J connectivity index is 2.59. The zero-order valence-corrected chi connectivity index (χ0v) is 10.2. The average molecular weight is 216 g/mol. The van der Waals surface area contributed by atoms with E-state index >= 15 is 0 Å². The Labute approximate surface area is 98.2 Å². The number of ketones is 1. The molecule has 1 aromatic rings. The molecule has 0 saturated carbocycles. The summed E-state index contributed by atoms with van der Waals surface area (Å²) >= 11 is 0. The highest BCUT2D eigenvalue weighted by Gasteiger charge is 1.97. The molecule has 1 rings (SSSR count). The van der Waals surface area contributed by atoms with Crippen molar-refractivity contribution < 1.29 is 4.79 Å². The molecule has 0 aliphatic rings. The first kappa shape index (κ1) is 12.7. The first-order valence-corrected chi connectivity index (χ1v) is 5.97. The molecule has 1 aromatic carbocycles. The molecule has 0 amide bonds. The van der Waals surface area contributed by atoms with Gasteiger partial charge in [-0.3, -0.25) is 4.79 Å². The lowest BCUT2D eigenvalue weighted by atomic mass is 10.1. The third-order valence-electron chi connectivity index (χ3n) is 2.44. The summed E-state index contributed by atoms with van der Waals surface area (Å²) in [5.74, 6) is 0.215. The van der Waals surface area contributed by atoms with Crippen LogP contribution in [0.1, 0.15) is 44.2 Å². The summed E-state index contributed by atoms with van der Waals surface area (Å²) in [7, 11) is 0. The van der Waals surface area contributed by atoms with E-state index in [4.69, 9.17) is 0 Å². The van der Waals surface area contributed by atoms with E-state index in [0.717, 1.165) is 12.0 Å². The van der Waals surface area contributed by atoms with Crippen LogP contribution in [-0.4, -0.2) is 5.78 Å². The molecule has 86 valence electrons. The highest BCUT2D eigenvalue weighted by atomic mass is 16.1. The lowest BCUT2D eigenvalue weighted by molar-refractivity contribution is -0.116. The van der Waals surface area contributed by atoms with Crippen LogP contribution in [0, 0.1) is 0 Å². The molecule has 0 aliphatic heterocycles. The van der Waals surface area contributed by atoms with Gasteiger partial charge in [-0.25, -0.2) is 0 Å². The number of carbonyl (C=O) groups is 1. The van der Waals surface area contributed by atoms with Crippen LogP contribution in [0.2, 0.25) is 0 Å². The normalized spacial score (nSPS) is 10.9. The molecular weight excluding hydrogens is 196 g/mol. The summed E-state index contributed by atoms with van der Waals surface area (Å²) in [5, 5.41) is 0. The zero-order valence-electron chi connectivity index (χ0n) is 10.2. The van der Waals surface area contributed by atoms with Crippen molar-refractivity contribution in [3.05, 3.63) is 41.5 Å². The number of unbranched alkanes of at least 4 members (excludes halogenated alkanes) is 2. The van der Waals surface area contributed by atoms with Gasteiger partial charge in [-0.15, -0.1) is 0 Å². The van der Waals surface area contributed by atoms with E-state index in [1.807, 2.05) is 12.1 Å². The fourth-order valence-electron chi connectivity index (χ4n) is 1.64. The average Bonchev–Trinajstić information content (AvgIpc) is 2.24. The van der Waals surface area contributed by atoms with Crippen LogP contribution in [0.15, 0.2) is 30.3 Å². The molecule has 16 heavy (non-hydrogen) atoms. The Bertz CT molecular complexity index is 363. The van der Waals surface area contributed by atoms with Gasteiger partial charge in [-0.05, 0) is 24.5 Å². The Kier molecular flexibility index (Phi) is 5.55. The molecule has 0 heterocycles. The van der Waals surface area contributed by atoms with Crippen molar-refractivity contribution in [1.29, 1.82) is 0 Å². The predicted octanol–water partition coefficient (Wildman–Crippen LogP) is 4.02. The predicted molar refractivity (Wildman–Crippen MR) is 69.4 cm³/mol. The van der Waals surface area contributed by atoms with Crippen molar-refractivity contribution in [3.8, 4) is 0 Å². The lowest BCUT2D eigenvalue weighted by Crippen LogP contribution is -1.95. The van der Waals surface area contributed by atoms with Crippen molar-refractivity contribution >= 4 is 11.9 Å². The minimum absolute atomic E-state index is 0.215. The Morgan fingerprint density at radius 2 is 2.19 bits per heavy atom. The third kappa shape index (κ3) is 4.92. The first-order valence-electron chi connectivity index (χ1n) is 5.97. The van der Waals surface area contributed by atoms with Gasteiger partial charge in [-0.2, -0.15) is 0 Å². The zero-order chi connectivity index (χ0) is 11.8. The highest BCUT2D eigenvalue weighted by Crippen LogP contribution is 2.09. The summed E-state index contributed by atoms with van der Waals surface area (Å²) in [4.78, 5) is 11.0. The van der Waals surface area contributed by atoms with Crippen molar-refractivity contribution in [1.82, 2.24) is 0 Å². The molecule has 0 radical (unpaired) electrons. The number of Topliss-reactive ketones (excluding diaryl/α,β-unsaturated/α-hetero) is 1. The summed E-state index contributed by atoms with van der Waals surface area (Å²) in [6.07, 6.45) is 8.48. The number of hydrogen-bond donors (Lipinski definition) is 0. The maximum atomic E-state index is 11.0. The lowest BCUT2D eigenvalue weighted by Gasteiger charge is -1.99. The number of benzene rings is 1. The second-order valence-corrected chi connectivity index (χ2v) is 4.17. The molecule has 0 unspecified atom stereocenters. The van der Waals surface area contributed by atoms with Crippen molar-refractivity contribution in [2.45, 2.75) is 39.5 Å². The van der Waals surface area contributed by atoms with Gasteiger partial charge in [0.1, 0.15) is 5.78 Å². The molecule has 0 spiro atoms. The first-order chi connectivity index (χ1) is 7.72. The monoisotopic (exact) mass is 216 g/mol. The van der Waals surface area contributed by atoms with Gasteiger partial charge in [0.25, 0.3) is 0 Å². The second-order valence-electron chi connectivity index (χ2n) is 4.17. The number of carbonyl (C=O) groups excluding carboxylic acids is 1. The van der Waals surface area contributed by atoms with E-state index in [-0.39, 0.29) is 5.78 Å². The van der Waals surface area contributed by atoms with Crippen LogP contribution in [-0.2, 0) is 11.2 Å². The highest BCUT2D eigenvalue weighted by molar-refractivity contribution is 5.78. The maximum Gasteiger partial charge on any atom is 0.134 e. The minimum atomic E-state index is 0.215. The SMILES string of the molecule is CCCC/C=C/c1cccc(CC(C)=O)c1. The van der Waals surface area contributed by atoms with Gasteiger partial charge < -0.3 is 0 Å². The topological polar surface area (TPSA) is 17.1 Å². The standard InChI is InChI=1S/C15H20O/c1-3-4-5-6-8-14-9-7-10-15(12-14)11-13(2)16/h6-10,12H,3-5,11H2,1-2H3/b8-6+. The second kappa shape index (κ2) is 7.00. The fourth-order valence-corrected chi connectivity index (χ4v) is 1.64. The van der Waals surface area contributed by atoms with Crippen molar-refractivity contribution in [3.63, 3.8) is 0 Å². The molecule has 0 saturated heterocycles. The molecule has 1 nitrogen and oxygen atoms in total. The van der Waals surface area contributed by atoms with E-state index in [0.29, 0.717) is 6.42 Å². The maximum absolute atomic E-state index is 11.0. The largest absolute Gasteiger partial charge is 0.300 e. The summed E-state index contributed by atoms with van der Waals surface area (Å²) in [6.45, 7) is 3.82. The van der Waals surface area contributed by atoms with Crippen LogP contribution in [0.25, 0.3) is 6.08 Å². The van der Waals surface area contributed by atoms with Crippen LogP contribution in [0.4, 0.5) is 0 Å². The van der Waals surface area contributed by atoms with Gasteiger partial charge in [0.2, 0.25) is 0 Å². The summed E-state index contributed by atoms with van der Waals surface area (Å²) in [5.41, 5.74) is 2.29. The van der Waals surface area contributed by atoms with Crippen molar-refractivity contribution in [2.75, 3.05) is 0 Å². The molecule has 0 N–H and O–H groups in total. The fraction of sp³-hybridized carbons (Fsp3) is 0.400. The van der Waals surface area contributed by atoms with E-state index < -0.39 is 0 Å². The number of allylic oxidation sites excluding steroid dienone is 1. The molecule has 0 aromatic heterocycles. The molecule has 0 aliphatic carbocycles. The Morgan fingerprint density at radius 3 is 2.88 bits per heavy atom. The van der Waals surface area contributed by atoms with Crippen LogP contribution >= 0.6 is 0 Å².